The van der Waals surface area contributed by atoms with Gasteiger partial charge in [0.1, 0.15) is 11.7 Å². The van der Waals surface area contributed by atoms with Gasteiger partial charge in [-0.25, -0.2) is 4.98 Å². The quantitative estimate of drug-likeness (QED) is 0.626. The largest absolute Gasteiger partial charge is 0.472 e. The molecule has 1 saturated heterocycles. The fourth-order valence-corrected chi connectivity index (χ4v) is 4.87. The lowest BCUT2D eigenvalue weighted by molar-refractivity contribution is -0.133. The maximum atomic E-state index is 13.6. The molecule has 0 unspecified atom stereocenters. The molecule has 192 valence electrons. The average Bonchev–Trinajstić information content (AvgIpc) is 3.41. The number of aliphatic hydroxyl groups excluding tert-OH is 1. The van der Waals surface area contributed by atoms with Crippen LogP contribution in [0.5, 0.6) is 5.88 Å². The van der Waals surface area contributed by atoms with Crippen molar-refractivity contribution in [2.75, 3.05) is 59.6 Å². The van der Waals surface area contributed by atoms with E-state index < -0.39 is 0 Å². The van der Waals surface area contributed by atoms with Gasteiger partial charge < -0.3 is 24.4 Å². The van der Waals surface area contributed by atoms with Crippen molar-refractivity contribution in [1.29, 1.82) is 0 Å². The van der Waals surface area contributed by atoms with E-state index >= 15 is 0 Å². The summed E-state index contributed by atoms with van der Waals surface area (Å²) in [6.07, 6.45) is 6.75. The van der Waals surface area contributed by atoms with Crippen LogP contribution in [0.25, 0.3) is 5.57 Å². The third kappa shape index (κ3) is 6.02. The summed E-state index contributed by atoms with van der Waals surface area (Å²) in [4.78, 5) is 36.6. The number of carbonyl (C=O) groups is 2. The Labute approximate surface area is 207 Å². The van der Waals surface area contributed by atoms with Crippen LogP contribution in [0.4, 0.5) is 0 Å². The van der Waals surface area contributed by atoms with Crippen LogP contribution in [0.1, 0.15) is 49.0 Å². The number of carbonyl (C=O) groups excluding carboxylic acids is 2. The van der Waals surface area contributed by atoms with E-state index in [2.05, 4.69) is 16.0 Å². The number of ether oxygens (including phenoxy) is 2. The maximum absolute atomic E-state index is 13.6. The van der Waals surface area contributed by atoms with E-state index in [9.17, 15) is 14.7 Å². The summed E-state index contributed by atoms with van der Waals surface area (Å²) in [6.45, 7) is 7.67. The van der Waals surface area contributed by atoms with Gasteiger partial charge in [0.2, 0.25) is 11.8 Å². The molecule has 3 atom stereocenters. The van der Waals surface area contributed by atoms with E-state index in [0.29, 0.717) is 38.4 Å². The van der Waals surface area contributed by atoms with Crippen molar-refractivity contribution < 1.29 is 24.2 Å². The van der Waals surface area contributed by atoms with E-state index in [-0.39, 0.29) is 42.4 Å². The average molecular weight is 487 g/mol. The molecule has 1 aromatic heterocycles. The van der Waals surface area contributed by atoms with Crippen LogP contribution in [0.2, 0.25) is 0 Å². The van der Waals surface area contributed by atoms with Crippen molar-refractivity contribution in [2.45, 2.75) is 45.3 Å². The van der Waals surface area contributed by atoms with Gasteiger partial charge in [0.05, 0.1) is 39.0 Å². The van der Waals surface area contributed by atoms with Crippen molar-refractivity contribution in [2.24, 2.45) is 5.92 Å². The Kier molecular flexibility index (Phi) is 8.41. The highest BCUT2D eigenvalue weighted by Crippen LogP contribution is 2.32. The minimum Gasteiger partial charge on any atom is -0.472 e. The van der Waals surface area contributed by atoms with E-state index in [4.69, 9.17) is 9.47 Å². The summed E-state index contributed by atoms with van der Waals surface area (Å²) in [7, 11) is 1.79. The molecule has 9 nitrogen and oxygen atoms in total. The van der Waals surface area contributed by atoms with E-state index in [0.717, 1.165) is 37.9 Å². The number of nitrogens with zero attached hydrogens (tertiary/aromatic N) is 4. The number of aliphatic hydroxyl groups is 1. The van der Waals surface area contributed by atoms with Crippen molar-refractivity contribution in [3.8, 4) is 5.88 Å². The highest BCUT2D eigenvalue weighted by atomic mass is 16.5. The molecule has 1 N–H and O–H groups in total. The molecule has 0 spiro atoms. The molecule has 0 bridgehead atoms. The molecule has 2 amide bonds. The molecule has 3 aliphatic rings. The molecular formula is C26H38N4O5. The first-order valence-corrected chi connectivity index (χ1v) is 12.7. The SMILES string of the molecule is C[C@H]1CN([C@@H](C)CO)C(=O)c2cc(C3=CCCC3)cnc2O[C@@H]1CN(C)C(=O)CN1CCOCC1. The molecular weight excluding hydrogens is 448 g/mol. The predicted molar refractivity (Wildman–Crippen MR) is 132 cm³/mol. The van der Waals surface area contributed by atoms with E-state index in [1.807, 2.05) is 19.9 Å². The fraction of sp³-hybridized carbons (Fsp3) is 0.654. The van der Waals surface area contributed by atoms with Crippen LogP contribution in [-0.4, -0.2) is 108 Å². The molecule has 35 heavy (non-hydrogen) atoms. The summed E-state index contributed by atoms with van der Waals surface area (Å²) in [5.74, 6) is 0.0616. The molecule has 3 heterocycles. The number of fused-ring (bicyclic) bond motifs is 1. The highest BCUT2D eigenvalue weighted by molar-refractivity contribution is 5.97. The van der Waals surface area contributed by atoms with Crippen LogP contribution < -0.4 is 4.74 Å². The number of rotatable bonds is 7. The van der Waals surface area contributed by atoms with Crippen LogP contribution in [-0.2, 0) is 9.53 Å². The second-order valence-electron chi connectivity index (χ2n) is 9.98. The molecule has 0 aromatic carbocycles. The van der Waals surface area contributed by atoms with Crippen LogP contribution in [0.3, 0.4) is 0 Å². The van der Waals surface area contributed by atoms with Crippen LogP contribution >= 0.6 is 0 Å². The van der Waals surface area contributed by atoms with Gasteiger partial charge in [0.25, 0.3) is 5.91 Å². The first-order chi connectivity index (χ1) is 16.9. The minimum absolute atomic E-state index is 0.0260. The molecule has 1 aromatic rings. The van der Waals surface area contributed by atoms with Gasteiger partial charge >= 0.3 is 0 Å². The zero-order valence-corrected chi connectivity index (χ0v) is 21.1. The molecule has 1 fully saturated rings. The minimum atomic E-state index is -0.349. The first kappa shape index (κ1) is 25.6. The molecule has 9 heteroatoms. The number of aromatic nitrogens is 1. The molecule has 0 saturated carbocycles. The summed E-state index contributed by atoms with van der Waals surface area (Å²) < 4.78 is 11.7. The van der Waals surface area contributed by atoms with Gasteiger partial charge in [-0.05, 0) is 43.4 Å². The van der Waals surface area contributed by atoms with E-state index in [1.54, 1.807) is 23.0 Å². The summed E-state index contributed by atoms with van der Waals surface area (Å²) in [6, 6.07) is 1.53. The van der Waals surface area contributed by atoms with E-state index in [1.165, 1.54) is 5.57 Å². The second kappa shape index (κ2) is 11.5. The number of morpholine rings is 1. The molecule has 1 aliphatic carbocycles. The number of allylic oxidation sites excluding steroid dienone is 2. The second-order valence-corrected chi connectivity index (χ2v) is 9.98. The highest BCUT2D eigenvalue weighted by Gasteiger charge is 2.35. The third-order valence-corrected chi connectivity index (χ3v) is 7.27. The van der Waals surface area contributed by atoms with Gasteiger partial charge in [-0.1, -0.05) is 13.0 Å². The Bertz CT molecular complexity index is 946. The Balaban J connectivity index is 1.56. The summed E-state index contributed by atoms with van der Waals surface area (Å²) in [5, 5.41) is 9.85. The van der Waals surface area contributed by atoms with Crippen LogP contribution in [0.15, 0.2) is 18.3 Å². The third-order valence-electron chi connectivity index (χ3n) is 7.27. The number of hydrogen-bond acceptors (Lipinski definition) is 7. The molecule has 2 aliphatic heterocycles. The summed E-state index contributed by atoms with van der Waals surface area (Å²) in [5.41, 5.74) is 2.56. The maximum Gasteiger partial charge on any atom is 0.259 e. The lowest BCUT2D eigenvalue weighted by Crippen LogP contribution is -2.51. The number of likely N-dealkylation sites (N-methyl/N-ethyl adjacent to an activating group) is 1. The first-order valence-electron chi connectivity index (χ1n) is 12.7. The number of amides is 2. The normalized spacial score (nSPS) is 24.2. The lowest BCUT2D eigenvalue weighted by Gasteiger charge is -2.38. The fourth-order valence-electron chi connectivity index (χ4n) is 4.87. The van der Waals surface area contributed by atoms with Gasteiger partial charge in [0.15, 0.2) is 0 Å². The Morgan fingerprint density at radius 3 is 2.80 bits per heavy atom. The standard InChI is InChI=1S/C26H38N4O5/c1-18-14-30(19(2)17-31)26(33)22-12-21(20-6-4-5-7-20)13-27-25(22)35-23(18)15-28(3)24(32)16-29-8-10-34-11-9-29/h6,12-13,18-19,23,31H,4-5,7-11,14-17H2,1-3H3/t18-,19-,23+/m0/s1. The van der Waals surface area contributed by atoms with Gasteiger partial charge in [-0.2, -0.15) is 0 Å². The lowest BCUT2D eigenvalue weighted by atomic mass is 9.99. The monoisotopic (exact) mass is 486 g/mol. The van der Waals surface area contributed by atoms with Crippen molar-refractivity contribution in [1.82, 2.24) is 19.7 Å². The smallest absolute Gasteiger partial charge is 0.259 e. The summed E-state index contributed by atoms with van der Waals surface area (Å²) >= 11 is 0. The topological polar surface area (TPSA) is 95.4 Å². The van der Waals surface area contributed by atoms with Gasteiger partial charge in [0, 0.05) is 38.8 Å². The zero-order valence-electron chi connectivity index (χ0n) is 21.1. The predicted octanol–water partition coefficient (Wildman–Crippen LogP) is 1.66. The molecule has 4 rings (SSSR count). The number of pyridine rings is 1. The van der Waals surface area contributed by atoms with Crippen molar-refractivity contribution >= 4 is 17.4 Å². The van der Waals surface area contributed by atoms with Crippen molar-refractivity contribution in [3.63, 3.8) is 0 Å². The molecule has 0 radical (unpaired) electrons. The van der Waals surface area contributed by atoms with Crippen molar-refractivity contribution in [3.05, 3.63) is 29.5 Å². The Morgan fingerprint density at radius 1 is 1.34 bits per heavy atom. The Hall–Kier alpha value is -2.49. The van der Waals surface area contributed by atoms with Gasteiger partial charge in [-0.3, -0.25) is 14.5 Å². The van der Waals surface area contributed by atoms with Crippen LogP contribution in [0, 0.1) is 5.92 Å². The van der Waals surface area contributed by atoms with Gasteiger partial charge in [-0.15, -0.1) is 0 Å². The number of hydrogen-bond donors (Lipinski definition) is 1. The zero-order chi connectivity index (χ0) is 24.9. The Morgan fingerprint density at radius 2 is 2.11 bits per heavy atom.